The summed E-state index contributed by atoms with van der Waals surface area (Å²) in [6.07, 6.45) is 0.478. The van der Waals surface area contributed by atoms with Crippen LogP contribution in [0, 0.1) is 11.3 Å². The van der Waals surface area contributed by atoms with Crippen LogP contribution in [0.4, 0.5) is 0 Å². The fourth-order valence-electron chi connectivity index (χ4n) is 3.25. The molecule has 0 aliphatic carbocycles. The zero-order valence-electron chi connectivity index (χ0n) is 20.9. The summed E-state index contributed by atoms with van der Waals surface area (Å²) in [5.74, 6) is -2.04. The number of carbonyl (C=O) groups is 4. The third-order valence-electron chi connectivity index (χ3n) is 5.36. The van der Waals surface area contributed by atoms with E-state index in [1.54, 1.807) is 12.1 Å². The number of hydrogen-bond donors (Lipinski definition) is 3. The summed E-state index contributed by atoms with van der Waals surface area (Å²) in [4.78, 5) is 51.5. The molecule has 0 saturated heterocycles. The summed E-state index contributed by atoms with van der Waals surface area (Å²) in [6.45, 7) is 11.4. The third kappa shape index (κ3) is 10.5. The molecular weight excluding hydrogens is 472 g/mol. The van der Waals surface area contributed by atoms with Crippen LogP contribution in [0.1, 0.15) is 53.5 Å². The Balaban J connectivity index is 3.23. The molecule has 3 atom stereocenters. The van der Waals surface area contributed by atoms with Crippen molar-refractivity contribution < 1.29 is 24.3 Å². The largest absolute Gasteiger partial charge is 0.480 e. The van der Waals surface area contributed by atoms with Gasteiger partial charge in [0.2, 0.25) is 11.8 Å². The average molecular weight is 511 g/mol. The first-order valence-electron chi connectivity index (χ1n) is 11.4. The van der Waals surface area contributed by atoms with Gasteiger partial charge < -0.3 is 15.3 Å². The Labute approximate surface area is 212 Å². The van der Waals surface area contributed by atoms with Crippen molar-refractivity contribution in [2.45, 2.75) is 71.7 Å². The molecule has 0 bridgehead atoms. The Kier molecular flexibility index (Phi) is 12.2. The number of carbonyl (C=O) groups excluding carboxylic acids is 3. The van der Waals surface area contributed by atoms with E-state index < -0.39 is 24.0 Å². The second-order valence-corrected chi connectivity index (χ2v) is 11.7. The Morgan fingerprint density at radius 3 is 2.18 bits per heavy atom. The minimum atomic E-state index is -1.15. The number of hydrogen-bond acceptors (Lipinski definition) is 6. The fourth-order valence-corrected chi connectivity index (χ4v) is 3.92. The number of thioether (sulfide) groups is 1. The maximum atomic E-state index is 13.4. The molecule has 1 rings (SSSR count). The van der Waals surface area contributed by atoms with Crippen LogP contribution in [0.5, 0.6) is 0 Å². The zero-order chi connectivity index (χ0) is 26.1. The molecule has 0 saturated carbocycles. The number of benzene rings is 1. The van der Waals surface area contributed by atoms with Crippen molar-refractivity contribution in [3.63, 3.8) is 0 Å². The molecule has 1 aromatic carbocycles. The van der Waals surface area contributed by atoms with Gasteiger partial charge in [-0.15, -0.1) is 0 Å². The molecular formula is C25H38N2O5S2. The molecule has 0 aromatic heterocycles. The molecule has 0 aliphatic rings. The van der Waals surface area contributed by atoms with Crippen LogP contribution in [0.3, 0.4) is 0 Å². The first kappa shape index (κ1) is 30.0. The topological polar surface area (TPSA) is 104 Å². The maximum Gasteiger partial charge on any atom is 0.326 e. The fraction of sp³-hybridized carbons (Fsp3) is 0.600. The van der Waals surface area contributed by atoms with Crippen molar-refractivity contribution in [2.24, 2.45) is 11.3 Å². The van der Waals surface area contributed by atoms with E-state index in [4.69, 9.17) is 0 Å². The summed E-state index contributed by atoms with van der Waals surface area (Å²) in [5.41, 5.74) is 0.537. The molecule has 9 heteroatoms. The van der Waals surface area contributed by atoms with Gasteiger partial charge >= 0.3 is 5.97 Å². The lowest BCUT2D eigenvalue weighted by Gasteiger charge is -2.37. The summed E-state index contributed by atoms with van der Waals surface area (Å²) >= 11 is 5.57. The minimum absolute atomic E-state index is 0.0666. The van der Waals surface area contributed by atoms with E-state index in [-0.39, 0.29) is 46.3 Å². The van der Waals surface area contributed by atoms with Crippen molar-refractivity contribution in [3.05, 3.63) is 35.9 Å². The first-order valence-corrected chi connectivity index (χ1v) is 12.9. The van der Waals surface area contributed by atoms with Crippen molar-refractivity contribution in [1.29, 1.82) is 0 Å². The van der Waals surface area contributed by atoms with E-state index in [1.165, 1.54) is 11.8 Å². The van der Waals surface area contributed by atoms with Crippen LogP contribution >= 0.6 is 24.4 Å². The molecule has 0 heterocycles. The van der Waals surface area contributed by atoms with Gasteiger partial charge in [0.05, 0.1) is 5.75 Å². The standard InChI is InChI=1S/C25H38N2O5S2/c1-16(2)12-20(23(30)26-19(24(31)32)13-18-10-8-7-9-11-18)27(14-21(33)25(4,5)6)22(29)15-34-17(3)28/h7-11,16,19-21,33H,12-15H2,1-6H3,(H,26,30)(H,31,32)/t19-,20-,21?/m0/s1. The van der Waals surface area contributed by atoms with Crippen LogP contribution in [0.2, 0.25) is 0 Å². The van der Waals surface area contributed by atoms with E-state index in [9.17, 15) is 24.3 Å². The van der Waals surface area contributed by atoms with Crippen LogP contribution in [-0.4, -0.2) is 62.5 Å². The van der Waals surface area contributed by atoms with E-state index in [1.807, 2.05) is 52.8 Å². The SMILES string of the molecule is CC(=O)SCC(=O)N(CC(S)C(C)(C)C)[C@@H](CC(C)C)C(=O)N[C@@H](Cc1ccccc1)C(=O)O. The van der Waals surface area contributed by atoms with Gasteiger partial charge in [0, 0.05) is 25.1 Å². The number of amides is 2. The van der Waals surface area contributed by atoms with Crippen molar-refractivity contribution in [2.75, 3.05) is 12.3 Å². The highest BCUT2D eigenvalue weighted by molar-refractivity contribution is 8.14. The number of nitrogens with zero attached hydrogens (tertiary/aromatic N) is 1. The van der Waals surface area contributed by atoms with Gasteiger partial charge in [0.1, 0.15) is 12.1 Å². The molecule has 2 amide bonds. The van der Waals surface area contributed by atoms with Crippen molar-refractivity contribution >= 4 is 47.3 Å². The van der Waals surface area contributed by atoms with Gasteiger partial charge in [0.25, 0.3) is 0 Å². The molecule has 1 aromatic rings. The van der Waals surface area contributed by atoms with E-state index in [0.717, 1.165) is 17.3 Å². The molecule has 2 N–H and O–H groups in total. The molecule has 190 valence electrons. The Hall–Kier alpha value is -2.00. The molecule has 34 heavy (non-hydrogen) atoms. The van der Waals surface area contributed by atoms with Gasteiger partial charge in [-0.2, -0.15) is 12.6 Å². The zero-order valence-corrected chi connectivity index (χ0v) is 22.6. The number of carboxylic acid groups (broad SMARTS) is 1. The Morgan fingerprint density at radius 2 is 1.71 bits per heavy atom. The molecule has 0 radical (unpaired) electrons. The summed E-state index contributed by atoms with van der Waals surface area (Å²) in [6, 6.07) is 7.04. The molecule has 0 fully saturated rings. The lowest BCUT2D eigenvalue weighted by atomic mass is 9.90. The molecule has 0 spiro atoms. The second kappa shape index (κ2) is 13.8. The van der Waals surface area contributed by atoms with Crippen molar-refractivity contribution in [1.82, 2.24) is 10.2 Å². The molecule has 1 unspecified atom stereocenters. The maximum absolute atomic E-state index is 13.4. The predicted octanol–water partition coefficient (Wildman–Crippen LogP) is 3.67. The lowest BCUT2D eigenvalue weighted by molar-refractivity contribution is -0.144. The number of thiol groups is 1. The van der Waals surface area contributed by atoms with E-state index in [2.05, 4.69) is 17.9 Å². The third-order valence-corrected chi connectivity index (χ3v) is 7.10. The van der Waals surface area contributed by atoms with E-state index >= 15 is 0 Å². The minimum Gasteiger partial charge on any atom is -0.480 e. The van der Waals surface area contributed by atoms with Crippen LogP contribution < -0.4 is 5.32 Å². The predicted molar refractivity (Wildman–Crippen MR) is 140 cm³/mol. The highest BCUT2D eigenvalue weighted by Crippen LogP contribution is 2.27. The smallest absolute Gasteiger partial charge is 0.326 e. The van der Waals surface area contributed by atoms with Gasteiger partial charge in [-0.25, -0.2) is 4.79 Å². The van der Waals surface area contributed by atoms with Gasteiger partial charge in [0.15, 0.2) is 5.12 Å². The summed E-state index contributed by atoms with van der Waals surface area (Å²) in [7, 11) is 0. The van der Waals surface area contributed by atoms with E-state index in [0.29, 0.717) is 6.42 Å². The van der Waals surface area contributed by atoms with Crippen LogP contribution in [-0.2, 0) is 25.6 Å². The highest BCUT2D eigenvalue weighted by atomic mass is 32.2. The number of rotatable bonds is 12. The number of aliphatic carboxylic acids is 1. The molecule has 7 nitrogen and oxygen atoms in total. The second-order valence-electron chi connectivity index (χ2n) is 9.94. The van der Waals surface area contributed by atoms with Crippen molar-refractivity contribution in [3.8, 4) is 0 Å². The van der Waals surface area contributed by atoms with Gasteiger partial charge in [-0.05, 0) is 23.3 Å². The average Bonchev–Trinajstić information content (AvgIpc) is 2.73. The number of nitrogens with one attached hydrogen (secondary N) is 1. The summed E-state index contributed by atoms with van der Waals surface area (Å²) in [5, 5.41) is 12.0. The Bertz CT molecular complexity index is 839. The van der Waals surface area contributed by atoms with Crippen LogP contribution in [0.15, 0.2) is 30.3 Å². The summed E-state index contributed by atoms with van der Waals surface area (Å²) < 4.78 is 0. The number of carboxylic acids is 1. The highest BCUT2D eigenvalue weighted by Gasteiger charge is 2.36. The quantitative estimate of drug-likeness (QED) is 0.371. The Morgan fingerprint density at radius 1 is 1.12 bits per heavy atom. The first-order chi connectivity index (χ1) is 15.7. The lowest BCUT2D eigenvalue weighted by Crippen LogP contribution is -2.56. The normalized spacial score (nSPS) is 14.2. The molecule has 0 aliphatic heterocycles. The van der Waals surface area contributed by atoms with Crippen LogP contribution in [0.25, 0.3) is 0 Å². The van der Waals surface area contributed by atoms with Gasteiger partial charge in [-0.1, -0.05) is 76.7 Å². The monoisotopic (exact) mass is 510 g/mol. The van der Waals surface area contributed by atoms with Gasteiger partial charge in [-0.3, -0.25) is 14.4 Å².